The molecule has 2 saturated carbocycles. The number of ether oxygens (including phenoxy) is 1. The summed E-state index contributed by atoms with van der Waals surface area (Å²) in [4.78, 5) is 22.6. The van der Waals surface area contributed by atoms with Crippen LogP contribution in [0.15, 0.2) is 36.5 Å². The number of aromatic nitrogens is 1. The van der Waals surface area contributed by atoms with Crippen molar-refractivity contribution in [1.29, 1.82) is 0 Å². The first-order valence-corrected chi connectivity index (χ1v) is 13.7. The summed E-state index contributed by atoms with van der Waals surface area (Å²) in [7, 11) is 2.16. The number of pyridine rings is 1. The number of rotatable bonds is 5. The zero-order valence-corrected chi connectivity index (χ0v) is 21.5. The average Bonchev–Trinajstić information content (AvgIpc) is 3.44. The van der Waals surface area contributed by atoms with Crippen LogP contribution < -0.4 is 25.8 Å². The van der Waals surface area contributed by atoms with Gasteiger partial charge in [0, 0.05) is 44.1 Å². The van der Waals surface area contributed by atoms with Crippen LogP contribution in [-0.4, -0.2) is 61.7 Å². The molecule has 0 bridgehead atoms. The fourth-order valence-corrected chi connectivity index (χ4v) is 7.56. The molecular weight excluding hydrogens is 490 g/mol. The van der Waals surface area contributed by atoms with Crippen molar-refractivity contribution in [2.75, 3.05) is 43.4 Å². The van der Waals surface area contributed by atoms with Gasteiger partial charge < -0.3 is 19.9 Å². The zero-order valence-electron chi connectivity index (χ0n) is 21.5. The number of alkyl halides is 2. The van der Waals surface area contributed by atoms with E-state index in [9.17, 15) is 13.6 Å². The van der Waals surface area contributed by atoms with Crippen LogP contribution in [0.25, 0.3) is 0 Å². The van der Waals surface area contributed by atoms with E-state index in [1.54, 1.807) is 12.1 Å². The Balaban J connectivity index is 1.02. The summed E-state index contributed by atoms with van der Waals surface area (Å²) < 4.78 is 30.2. The first-order valence-electron chi connectivity index (χ1n) is 13.7. The predicted octanol–water partition coefficient (Wildman–Crippen LogP) is 3.28. The van der Waals surface area contributed by atoms with Crippen LogP contribution in [0.1, 0.15) is 42.9 Å². The van der Waals surface area contributed by atoms with E-state index in [0.717, 1.165) is 68.9 Å². The minimum atomic E-state index is -2.88. The third kappa shape index (κ3) is 3.96. The van der Waals surface area contributed by atoms with Gasteiger partial charge in [0.15, 0.2) is 0 Å². The minimum absolute atomic E-state index is 0.00397. The van der Waals surface area contributed by atoms with E-state index in [4.69, 9.17) is 4.98 Å². The van der Waals surface area contributed by atoms with E-state index >= 15 is 0 Å². The van der Waals surface area contributed by atoms with Gasteiger partial charge in [-0.25, -0.2) is 10.4 Å². The maximum atomic E-state index is 13.1. The largest absolute Gasteiger partial charge is 0.435 e. The lowest BCUT2D eigenvalue weighted by molar-refractivity contribution is -0.118. The molecule has 8 nitrogen and oxygen atoms in total. The van der Waals surface area contributed by atoms with Crippen molar-refractivity contribution >= 4 is 17.4 Å². The fourth-order valence-electron chi connectivity index (χ4n) is 7.56. The molecule has 4 heterocycles. The van der Waals surface area contributed by atoms with Gasteiger partial charge in [0.05, 0.1) is 11.5 Å². The molecule has 1 amide bonds. The maximum Gasteiger partial charge on any atom is 0.387 e. The molecule has 2 aliphatic carbocycles. The highest BCUT2D eigenvalue weighted by Crippen LogP contribution is 2.65. The molecule has 4 unspecified atom stereocenters. The molecule has 0 radical (unpaired) electrons. The van der Waals surface area contributed by atoms with E-state index in [-0.39, 0.29) is 23.6 Å². The van der Waals surface area contributed by atoms with Crippen LogP contribution in [-0.2, 0) is 10.2 Å². The number of amides is 1. The molecule has 4 fully saturated rings. The summed E-state index contributed by atoms with van der Waals surface area (Å²) in [6.45, 7) is 1.24. The van der Waals surface area contributed by atoms with Crippen molar-refractivity contribution in [3.63, 3.8) is 0 Å². The van der Waals surface area contributed by atoms with Gasteiger partial charge in [0.1, 0.15) is 11.6 Å². The molecule has 1 spiro atoms. The molecule has 3 aliphatic heterocycles. The summed E-state index contributed by atoms with van der Waals surface area (Å²) >= 11 is 0. The van der Waals surface area contributed by atoms with Crippen molar-refractivity contribution in [3.8, 4) is 5.75 Å². The number of nitrogens with zero attached hydrogens (tertiary/aromatic N) is 3. The molecular formula is C28H34F2N6O2. The Labute approximate surface area is 221 Å². The summed E-state index contributed by atoms with van der Waals surface area (Å²) in [5.41, 5.74) is 9.22. The van der Waals surface area contributed by atoms with E-state index in [1.165, 1.54) is 11.6 Å². The molecule has 38 heavy (non-hydrogen) atoms. The zero-order chi connectivity index (χ0) is 26.0. The number of likely N-dealkylation sites (N-methyl/N-ethyl adjacent to an activating group) is 1. The topological polar surface area (TPSA) is 81.8 Å². The quantitative estimate of drug-likeness (QED) is 0.554. The minimum Gasteiger partial charge on any atom is -0.435 e. The molecule has 1 aromatic carbocycles. The molecule has 1 aromatic heterocycles. The summed E-state index contributed by atoms with van der Waals surface area (Å²) in [5, 5.41) is 2.98. The molecule has 10 heteroatoms. The van der Waals surface area contributed by atoms with Gasteiger partial charge >= 0.3 is 6.61 Å². The summed E-state index contributed by atoms with van der Waals surface area (Å²) in [5.74, 6) is 2.24. The number of benzene rings is 1. The van der Waals surface area contributed by atoms with Crippen LogP contribution in [0, 0.1) is 17.8 Å². The Hall–Kier alpha value is -2.82. The molecule has 202 valence electrons. The molecule has 6 atom stereocenters. The SMILES string of the molecule is CN1CCN(c2ccc(C3NNC4CC([C@@H]5C[C@@]56C(=O)Nc5ccc(OC(F)F)cc56)CCC43)cn2)CC1. The number of hydrogen-bond acceptors (Lipinski definition) is 7. The van der Waals surface area contributed by atoms with Gasteiger partial charge in [0.25, 0.3) is 0 Å². The molecule has 7 rings (SSSR count). The van der Waals surface area contributed by atoms with E-state index in [0.29, 0.717) is 17.9 Å². The second kappa shape index (κ2) is 9.14. The lowest BCUT2D eigenvalue weighted by atomic mass is 9.72. The average molecular weight is 525 g/mol. The van der Waals surface area contributed by atoms with Crippen LogP contribution in [0.3, 0.4) is 0 Å². The van der Waals surface area contributed by atoms with Gasteiger partial charge in [-0.2, -0.15) is 8.78 Å². The number of carbonyl (C=O) groups is 1. The van der Waals surface area contributed by atoms with Gasteiger partial charge in [-0.05, 0) is 85.9 Å². The van der Waals surface area contributed by atoms with E-state index in [1.807, 2.05) is 6.20 Å². The van der Waals surface area contributed by atoms with Crippen LogP contribution >= 0.6 is 0 Å². The van der Waals surface area contributed by atoms with Crippen molar-refractivity contribution < 1.29 is 18.3 Å². The number of piperazine rings is 1. The van der Waals surface area contributed by atoms with Crippen molar-refractivity contribution in [3.05, 3.63) is 47.7 Å². The van der Waals surface area contributed by atoms with E-state index < -0.39 is 12.0 Å². The number of halogens is 2. The maximum absolute atomic E-state index is 13.1. The number of hydrazine groups is 1. The lowest BCUT2D eigenvalue weighted by Gasteiger charge is -2.34. The second-order valence-corrected chi connectivity index (χ2v) is 11.7. The Morgan fingerprint density at radius 2 is 1.95 bits per heavy atom. The van der Waals surface area contributed by atoms with E-state index in [2.05, 4.69) is 49.9 Å². The van der Waals surface area contributed by atoms with Gasteiger partial charge in [-0.1, -0.05) is 6.07 Å². The Morgan fingerprint density at radius 1 is 1.11 bits per heavy atom. The number of anilines is 2. The fraction of sp³-hybridized carbons (Fsp3) is 0.571. The van der Waals surface area contributed by atoms with Gasteiger partial charge in [-0.3, -0.25) is 10.2 Å². The van der Waals surface area contributed by atoms with Gasteiger partial charge in [0.2, 0.25) is 5.91 Å². The van der Waals surface area contributed by atoms with Gasteiger partial charge in [-0.15, -0.1) is 0 Å². The molecule has 2 aromatic rings. The Kier molecular flexibility index (Phi) is 5.83. The van der Waals surface area contributed by atoms with Crippen LogP contribution in [0.5, 0.6) is 5.75 Å². The first kappa shape index (κ1) is 24.2. The third-order valence-electron chi connectivity index (χ3n) is 9.69. The Morgan fingerprint density at radius 3 is 2.71 bits per heavy atom. The van der Waals surface area contributed by atoms with Crippen molar-refractivity contribution in [1.82, 2.24) is 20.7 Å². The van der Waals surface area contributed by atoms with Crippen molar-refractivity contribution in [2.24, 2.45) is 17.8 Å². The normalized spacial score (nSPS) is 34.4. The third-order valence-corrected chi connectivity index (χ3v) is 9.69. The standard InChI is InChI=1S/C28H34F2N6O2/c1-35-8-10-36(11-9-35)24-7-3-17(15-31-24)25-19-5-2-16(12-23(19)33-34-25)21-14-28(21)20-13-18(38-27(29)30)4-6-22(20)32-26(28)37/h3-4,6-7,13,15-16,19,21,23,25,27,33-34H,2,5,8-12,14H2,1H3,(H,32,37)/t16?,19?,21-,23?,25?,28-/m0/s1. The lowest BCUT2D eigenvalue weighted by Crippen LogP contribution is -2.44. The number of nitrogens with one attached hydrogen (secondary N) is 3. The molecule has 2 saturated heterocycles. The highest BCUT2D eigenvalue weighted by molar-refractivity contribution is 6.09. The van der Waals surface area contributed by atoms with Crippen molar-refractivity contribution in [2.45, 2.75) is 49.8 Å². The number of fused-ring (bicyclic) bond motifs is 3. The molecule has 5 aliphatic rings. The number of carbonyl (C=O) groups excluding carboxylic acids is 1. The highest BCUT2D eigenvalue weighted by atomic mass is 19.3. The smallest absolute Gasteiger partial charge is 0.387 e. The Bertz CT molecular complexity index is 1220. The predicted molar refractivity (Wildman–Crippen MR) is 139 cm³/mol. The van der Waals surface area contributed by atoms with Crippen LogP contribution in [0.4, 0.5) is 20.3 Å². The highest BCUT2D eigenvalue weighted by Gasteiger charge is 2.67. The first-order chi connectivity index (χ1) is 18.4. The monoisotopic (exact) mass is 524 g/mol. The summed E-state index contributed by atoms with van der Waals surface area (Å²) in [6, 6.07) is 9.71. The second-order valence-electron chi connectivity index (χ2n) is 11.7. The molecule has 3 N–H and O–H groups in total. The summed E-state index contributed by atoms with van der Waals surface area (Å²) in [6.07, 6.45) is 5.89. The number of hydrogen-bond donors (Lipinski definition) is 3. The van der Waals surface area contributed by atoms with Crippen LogP contribution in [0.2, 0.25) is 0 Å².